The smallest absolute Gasteiger partial charge is 0.261 e. The van der Waals surface area contributed by atoms with Gasteiger partial charge in [-0.3, -0.25) is 9.36 Å². The molecule has 0 N–H and O–H groups in total. The van der Waals surface area contributed by atoms with Crippen molar-refractivity contribution in [3.63, 3.8) is 0 Å². The second-order valence-electron chi connectivity index (χ2n) is 7.43. The van der Waals surface area contributed by atoms with Gasteiger partial charge in [-0.2, -0.15) is 0 Å². The molecule has 1 aliphatic rings. The zero-order chi connectivity index (χ0) is 19.0. The van der Waals surface area contributed by atoms with Crippen LogP contribution >= 0.6 is 11.8 Å². The van der Waals surface area contributed by atoms with Crippen LogP contribution in [-0.4, -0.2) is 19.1 Å². The number of hydrogen-bond acceptors (Lipinski definition) is 4. The highest BCUT2D eigenvalue weighted by molar-refractivity contribution is 7.98. The third kappa shape index (κ3) is 3.43. The van der Waals surface area contributed by atoms with E-state index >= 15 is 0 Å². The van der Waals surface area contributed by atoms with Gasteiger partial charge < -0.3 is 4.57 Å². The van der Waals surface area contributed by atoms with Gasteiger partial charge in [-0.25, -0.2) is 9.97 Å². The number of fused-ring (bicyclic) bond motifs is 1. The van der Waals surface area contributed by atoms with E-state index in [1.165, 1.54) is 37.8 Å². The molecule has 2 aromatic heterocycles. The van der Waals surface area contributed by atoms with Gasteiger partial charge in [0, 0.05) is 18.8 Å². The SMILES string of the molecule is Cc1nc(SCc2nc3ccccc3c(=O)n2C)n(C2CCCCC2)c1C. The topological polar surface area (TPSA) is 52.7 Å². The largest absolute Gasteiger partial charge is 0.320 e. The van der Waals surface area contributed by atoms with Crippen LogP contribution in [0.5, 0.6) is 0 Å². The third-order valence-electron chi connectivity index (χ3n) is 5.70. The van der Waals surface area contributed by atoms with Crippen LogP contribution in [0.1, 0.15) is 55.4 Å². The molecule has 0 spiro atoms. The van der Waals surface area contributed by atoms with Crippen molar-refractivity contribution in [3.05, 3.63) is 51.8 Å². The van der Waals surface area contributed by atoms with Crippen LogP contribution in [0.15, 0.2) is 34.2 Å². The molecule has 3 aromatic rings. The number of rotatable bonds is 4. The molecule has 1 saturated carbocycles. The van der Waals surface area contributed by atoms with E-state index in [9.17, 15) is 4.79 Å². The Morgan fingerprint density at radius 1 is 1.11 bits per heavy atom. The van der Waals surface area contributed by atoms with Crippen LogP contribution in [0.4, 0.5) is 0 Å². The molecule has 6 heteroatoms. The van der Waals surface area contributed by atoms with Crippen LogP contribution in [-0.2, 0) is 12.8 Å². The number of para-hydroxylation sites is 1. The first kappa shape index (κ1) is 18.3. The summed E-state index contributed by atoms with van der Waals surface area (Å²) < 4.78 is 4.10. The summed E-state index contributed by atoms with van der Waals surface area (Å²) >= 11 is 1.69. The number of hydrogen-bond donors (Lipinski definition) is 0. The lowest BCUT2D eigenvalue weighted by Crippen LogP contribution is -2.22. The van der Waals surface area contributed by atoms with Gasteiger partial charge in [-0.1, -0.05) is 43.2 Å². The lowest BCUT2D eigenvalue weighted by atomic mass is 9.95. The molecule has 1 fully saturated rings. The number of nitrogens with zero attached hydrogens (tertiary/aromatic N) is 4. The maximum atomic E-state index is 12.6. The second-order valence-corrected chi connectivity index (χ2v) is 8.37. The first-order valence-electron chi connectivity index (χ1n) is 9.69. The van der Waals surface area contributed by atoms with Gasteiger partial charge in [-0.15, -0.1) is 0 Å². The van der Waals surface area contributed by atoms with E-state index in [-0.39, 0.29) is 5.56 Å². The Kier molecular flexibility index (Phi) is 5.08. The zero-order valence-corrected chi connectivity index (χ0v) is 17.1. The van der Waals surface area contributed by atoms with Crippen molar-refractivity contribution >= 4 is 22.7 Å². The Hall–Kier alpha value is -2.08. The summed E-state index contributed by atoms with van der Waals surface area (Å²) in [6.45, 7) is 4.26. The fraction of sp³-hybridized carbons (Fsp3) is 0.476. The molecule has 0 radical (unpaired) electrons. The van der Waals surface area contributed by atoms with E-state index in [1.807, 2.05) is 31.3 Å². The van der Waals surface area contributed by atoms with Crippen molar-refractivity contribution in [1.29, 1.82) is 0 Å². The fourth-order valence-electron chi connectivity index (χ4n) is 3.99. The lowest BCUT2D eigenvalue weighted by molar-refractivity contribution is 0.332. The van der Waals surface area contributed by atoms with E-state index in [4.69, 9.17) is 9.97 Å². The molecule has 4 rings (SSSR count). The highest BCUT2D eigenvalue weighted by atomic mass is 32.2. The van der Waals surface area contributed by atoms with E-state index in [1.54, 1.807) is 16.3 Å². The van der Waals surface area contributed by atoms with Gasteiger partial charge in [0.05, 0.1) is 22.3 Å². The summed E-state index contributed by atoms with van der Waals surface area (Å²) in [6, 6.07) is 8.10. The van der Waals surface area contributed by atoms with Gasteiger partial charge in [0.1, 0.15) is 5.82 Å². The van der Waals surface area contributed by atoms with Crippen molar-refractivity contribution in [2.24, 2.45) is 7.05 Å². The minimum atomic E-state index is 0.0131. The molecule has 2 heterocycles. The normalized spacial score (nSPS) is 15.5. The highest BCUT2D eigenvalue weighted by Gasteiger charge is 2.22. The number of aromatic nitrogens is 4. The molecule has 1 aromatic carbocycles. The molecule has 0 amide bonds. The summed E-state index contributed by atoms with van der Waals surface area (Å²) in [5.41, 5.74) is 3.14. The average molecular weight is 383 g/mol. The standard InChI is InChI=1S/C21H26N4OS/c1-14-15(2)25(16-9-5-4-6-10-16)21(22-14)27-13-19-23-18-12-8-7-11-17(18)20(26)24(19)3/h7-8,11-12,16H,4-6,9-10,13H2,1-3H3. The van der Waals surface area contributed by atoms with E-state index in [2.05, 4.69) is 18.4 Å². The third-order valence-corrected chi connectivity index (χ3v) is 6.65. The van der Waals surface area contributed by atoms with Gasteiger partial charge in [0.25, 0.3) is 5.56 Å². The van der Waals surface area contributed by atoms with Crippen molar-refractivity contribution in [1.82, 2.24) is 19.1 Å². The lowest BCUT2D eigenvalue weighted by Gasteiger charge is -2.26. The number of imidazole rings is 1. The minimum absolute atomic E-state index is 0.0131. The summed E-state index contributed by atoms with van der Waals surface area (Å²) in [6.07, 6.45) is 6.40. The number of thioether (sulfide) groups is 1. The van der Waals surface area contributed by atoms with E-state index in [0.29, 0.717) is 17.2 Å². The Labute approximate surface area is 163 Å². The summed E-state index contributed by atoms with van der Waals surface area (Å²) in [5, 5.41) is 1.73. The second kappa shape index (κ2) is 7.50. The van der Waals surface area contributed by atoms with E-state index in [0.717, 1.165) is 22.2 Å². The molecule has 0 atom stereocenters. The number of aryl methyl sites for hydroxylation is 1. The first-order valence-corrected chi connectivity index (χ1v) is 10.7. The molecular weight excluding hydrogens is 356 g/mol. The Morgan fingerprint density at radius 3 is 2.63 bits per heavy atom. The molecule has 27 heavy (non-hydrogen) atoms. The molecular formula is C21H26N4OS. The zero-order valence-electron chi connectivity index (χ0n) is 16.2. The van der Waals surface area contributed by atoms with Crippen molar-refractivity contribution in [3.8, 4) is 0 Å². The summed E-state index contributed by atoms with van der Waals surface area (Å²) in [5.74, 6) is 1.43. The number of benzene rings is 1. The van der Waals surface area contributed by atoms with Crippen LogP contribution in [0.2, 0.25) is 0 Å². The van der Waals surface area contributed by atoms with Crippen molar-refractivity contribution < 1.29 is 0 Å². The van der Waals surface area contributed by atoms with Gasteiger partial charge in [-0.05, 0) is 38.8 Å². The maximum absolute atomic E-state index is 12.6. The van der Waals surface area contributed by atoms with Gasteiger partial charge in [0.15, 0.2) is 5.16 Å². The summed E-state index contributed by atoms with van der Waals surface area (Å²) in [7, 11) is 1.81. The molecule has 0 bridgehead atoms. The minimum Gasteiger partial charge on any atom is -0.320 e. The quantitative estimate of drug-likeness (QED) is 0.622. The van der Waals surface area contributed by atoms with Crippen molar-refractivity contribution in [2.45, 2.75) is 62.9 Å². The van der Waals surface area contributed by atoms with Crippen LogP contribution < -0.4 is 5.56 Å². The Balaban J connectivity index is 1.64. The molecule has 0 saturated heterocycles. The maximum Gasteiger partial charge on any atom is 0.261 e. The molecule has 5 nitrogen and oxygen atoms in total. The predicted molar refractivity (Wildman–Crippen MR) is 110 cm³/mol. The van der Waals surface area contributed by atoms with E-state index < -0.39 is 0 Å². The molecule has 1 aliphatic carbocycles. The molecule has 142 valence electrons. The fourth-order valence-corrected chi connectivity index (χ4v) is 5.13. The van der Waals surface area contributed by atoms with Crippen LogP contribution in [0, 0.1) is 13.8 Å². The van der Waals surface area contributed by atoms with Crippen LogP contribution in [0.3, 0.4) is 0 Å². The van der Waals surface area contributed by atoms with Crippen molar-refractivity contribution in [2.75, 3.05) is 0 Å². The highest BCUT2D eigenvalue weighted by Crippen LogP contribution is 2.35. The van der Waals surface area contributed by atoms with Crippen LogP contribution in [0.25, 0.3) is 10.9 Å². The molecule has 0 aliphatic heterocycles. The van der Waals surface area contributed by atoms with Gasteiger partial charge in [0.2, 0.25) is 0 Å². The van der Waals surface area contributed by atoms with Gasteiger partial charge >= 0.3 is 0 Å². The Morgan fingerprint density at radius 2 is 1.85 bits per heavy atom. The summed E-state index contributed by atoms with van der Waals surface area (Å²) in [4.78, 5) is 22.2. The Bertz CT molecular complexity index is 1030. The average Bonchev–Trinajstić information content (AvgIpc) is 2.98. The monoisotopic (exact) mass is 382 g/mol. The molecule has 0 unspecified atom stereocenters. The first-order chi connectivity index (χ1) is 13.1. The predicted octanol–water partition coefficient (Wildman–Crippen LogP) is 4.54.